The molecular weight excluding hydrogens is 851 g/mol. The number of hydrogen-bond acceptors (Lipinski definition) is 15. The average Bonchev–Trinajstić information content (AvgIpc) is 3.60. The Kier molecular flexibility index (Phi) is 16.2. The highest BCUT2D eigenvalue weighted by molar-refractivity contribution is 5.90. The fourth-order valence-electron chi connectivity index (χ4n) is 10.7. The second-order valence-corrected chi connectivity index (χ2v) is 19.8. The van der Waals surface area contributed by atoms with E-state index in [1.807, 2.05) is 66.6 Å². The topological polar surface area (TPSA) is 178 Å². The van der Waals surface area contributed by atoms with Crippen LogP contribution < -0.4 is 0 Å². The minimum atomic E-state index is -1.93. The monoisotopic (exact) mass is 924 g/mol. The van der Waals surface area contributed by atoms with E-state index in [0.29, 0.717) is 24.2 Å². The van der Waals surface area contributed by atoms with Gasteiger partial charge in [-0.2, -0.15) is 0 Å². The minimum Gasteiger partial charge on any atom is -0.488 e. The molecule has 4 aliphatic rings. The van der Waals surface area contributed by atoms with E-state index in [-0.39, 0.29) is 30.6 Å². The normalized spacial score (nSPS) is 40.0. The van der Waals surface area contributed by atoms with E-state index in [1.54, 1.807) is 75.4 Å². The van der Waals surface area contributed by atoms with Crippen LogP contribution in [-0.2, 0) is 47.4 Å². The molecule has 4 heterocycles. The van der Waals surface area contributed by atoms with Gasteiger partial charge in [-0.1, -0.05) is 57.2 Å². The molecular formula is C51H73NO14. The number of benzene rings is 2. The Bertz CT molecular complexity index is 2010. The lowest BCUT2D eigenvalue weighted by Crippen LogP contribution is -2.60. The zero-order chi connectivity index (χ0) is 48.5. The SMILES string of the molecule is CC[C@H]1OC(=O)[C@H](C)[C@@H](O[C@H]2C[C@@](C)(OC)[C@@H](OC(=O)c3ccccc3)[C@H](C)O2)[C@H](C)[C@@H](O[C@@H]2O[C@H](C)C[C@H](N(C)C)[C@H]2O)[C@@]2(C)CC(C)=C(O2)[C@H](C)[C@@H](OC(=O)c2ccccc2)[C@]1(C)O. The van der Waals surface area contributed by atoms with Crippen molar-refractivity contribution in [3.63, 3.8) is 0 Å². The van der Waals surface area contributed by atoms with Crippen LogP contribution >= 0.6 is 0 Å². The fraction of sp³-hybridized carbons (Fsp3) is 0.667. The van der Waals surface area contributed by atoms with Crippen LogP contribution in [0.4, 0.5) is 0 Å². The molecule has 0 saturated carbocycles. The van der Waals surface area contributed by atoms with Gasteiger partial charge in [0.2, 0.25) is 0 Å². The number of aliphatic hydroxyl groups excluding tert-OH is 1. The molecule has 2 aromatic carbocycles. The molecule has 2 bridgehead atoms. The lowest BCUT2D eigenvalue weighted by Gasteiger charge is -2.49. The zero-order valence-corrected chi connectivity index (χ0v) is 40.9. The van der Waals surface area contributed by atoms with Gasteiger partial charge in [0.25, 0.3) is 0 Å². The van der Waals surface area contributed by atoms with Gasteiger partial charge in [0.05, 0.1) is 41.3 Å². The van der Waals surface area contributed by atoms with Crippen LogP contribution in [0.3, 0.4) is 0 Å². The number of carbonyl (C=O) groups excluding carboxylic acids is 3. The number of carbonyl (C=O) groups is 3. The molecule has 3 saturated heterocycles. The number of rotatable bonds is 11. The first kappa shape index (κ1) is 51.5. The van der Waals surface area contributed by atoms with Gasteiger partial charge < -0.3 is 57.7 Å². The summed E-state index contributed by atoms with van der Waals surface area (Å²) in [5.41, 5.74) is -2.72. The summed E-state index contributed by atoms with van der Waals surface area (Å²) in [6.07, 6.45) is -8.21. The summed E-state index contributed by atoms with van der Waals surface area (Å²) in [5.74, 6) is -3.89. The third-order valence-electron chi connectivity index (χ3n) is 14.4. The van der Waals surface area contributed by atoms with Crippen molar-refractivity contribution in [3.05, 3.63) is 83.1 Å². The molecule has 6 rings (SSSR count). The summed E-state index contributed by atoms with van der Waals surface area (Å²) in [7, 11) is 5.33. The number of cyclic esters (lactones) is 1. The maximum Gasteiger partial charge on any atom is 0.338 e. The number of likely N-dealkylation sites (N-methyl/N-ethyl adjacent to an activating group) is 1. The highest BCUT2D eigenvalue weighted by Gasteiger charge is 2.57. The van der Waals surface area contributed by atoms with E-state index in [2.05, 4.69) is 0 Å². The van der Waals surface area contributed by atoms with Gasteiger partial charge in [-0.25, -0.2) is 9.59 Å². The molecule has 17 atom stereocenters. The van der Waals surface area contributed by atoms with Crippen molar-refractivity contribution in [1.82, 2.24) is 4.90 Å². The predicted octanol–water partition coefficient (Wildman–Crippen LogP) is 6.62. The maximum atomic E-state index is 14.8. The summed E-state index contributed by atoms with van der Waals surface area (Å²) in [4.78, 5) is 43.9. The van der Waals surface area contributed by atoms with E-state index in [0.717, 1.165) is 5.57 Å². The van der Waals surface area contributed by atoms with Crippen molar-refractivity contribution >= 4 is 17.9 Å². The van der Waals surface area contributed by atoms with Crippen LogP contribution in [0.25, 0.3) is 0 Å². The molecule has 0 aliphatic carbocycles. The third-order valence-corrected chi connectivity index (χ3v) is 14.4. The fourth-order valence-corrected chi connectivity index (χ4v) is 10.7. The molecule has 4 aliphatic heterocycles. The maximum absolute atomic E-state index is 14.8. The first-order valence-corrected chi connectivity index (χ1v) is 23.4. The van der Waals surface area contributed by atoms with Gasteiger partial charge in [-0.05, 0) is 105 Å². The van der Waals surface area contributed by atoms with Crippen LogP contribution in [-0.4, -0.2) is 138 Å². The standard InChI is InChI=1S/C51H73NO14/c1-14-37-51(10,57)43(63-46(55)34-21-17-15-18-22-34)30(4)40-28(2)26-50(9,66-40)42(65-48-39(53)36(52(11)12)25-29(3)59-48)31(5)41(32(6)45(54)61-37)62-38-27-49(8,58-13)44(33(7)60-38)64-47(56)35-23-19-16-20-24-35/h15-24,29-33,36-39,41-44,48,53,57H,14,25-27H2,1-13H3/t29-,30+,31+,32-,33+,36+,37-,38+,39-,41+,42-,43-,44+,48+,49-,50-,51-/m1/s1. The summed E-state index contributed by atoms with van der Waals surface area (Å²) in [6.45, 7) is 18.1. The molecule has 0 unspecified atom stereocenters. The van der Waals surface area contributed by atoms with Crippen LogP contribution in [0.1, 0.15) is 116 Å². The lowest BCUT2D eigenvalue weighted by molar-refractivity contribution is -0.316. The number of fused-ring (bicyclic) bond motifs is 2. The Hall–Kier alpha value is -3.93. The molecule has 0 aromatic heterocycles. The predicted molar refractivity (Wildman–Crippen MR) is 243 cm³/mol. The molecule has 0 radical (unpaired) electrons. The Labute approximate surface area is 390 Å². The molecule has 3 fully saturated rings. The molecule has 2 aromatic rings. The van der Waals surface area contributed by atoms with Gasteiger partial charge in [-0.15, -0.1) is 0 Å². The highest BCUT2D eigenvalue weighted by Crippen LogP contribution is 2.48. The quantitative estimate of drug-likeness (QED) is 0.181. The Morgan fingerprint density at radius 2 is 1.41 bits per heavy atom. The van der Waals surface area contributed by atoms with Gasteiger partial charge in [0.15, 0.2) is 18.7 Å². The van der Waals surface area contributed by atoms with Gasteiger partial charge in [0, 0.05) is 31.9 Å². The number of nitrogens with zero attached hydrogens (tertiary/aromatic N) is 1. The van der Waals surface area contributed by atoms with E-state index in [4.69, 9.17) is 42.6 Å². The van der Waals surface area contributed by atoms with Crippen molar-refractivity contribution in [2.45, 2.75) is 179 Å². The Morgan fingerprint density at radius 1 is 0.833 bits per heavy atom. The Balaban J connectivity index is 1.42. The molecule has 15 heteroatoms. The van der Waals surface area contributed by atoms with Gasteiger partial charge >= 0.3 is 17.9 Å². The van der Waals surface area contributed by atoms with E-state index in [1.165, 1.54) is 14.0 Å². The van der Waals surface area contributed by atoms with Crippen molar-refractivity contribution in [3.8, 4) is 0 Å². The lowest BCUT2D eigenvalue weighted by atomic mass is 9.78. The number of ether oxygens (including phenoxy) is 9. The van der Waals surface area contributed by atoms with Crippen molar-refractivity contribution in [1.29, 1.82) is 0 Å². The largest absolute Gasteiger partial charge is 0.488 e. The first-order chi connectivity index (χ1) is 31.0. The van der Waals surface area contributed by atoms with Crippen LogP contribution in [0.5, 0.6) is 0 Å². The van der Waals surface area contributed by atoms with Crippen LogP contribution in [0.2, 0.25) is 0 Å². The smallest absolute Gasteiger partial charge is 0.338 e. The third kappa shape index (κ3) is 10.7. The second kappa shape index (κ2) is 20.7. The summed E-state index contributed by atoms with van der Waals surface area (Å²) in [5, 5.41) is 24.5. The number of aliphatic hydroxyl groups is 2. The Morgan fingerprint density at radius 3 is 1.95 bits per heavy atom. The van der Waals surface area contributed by atoms with Crippen LogP contribution in [0, 0.1) is 17.8 Å². The van der Waals surface area contributed by atoms with Gasteiger partial charge in [0.1, 0.15) is 47.0 Å². The number of hydrogen-bond donors (Lipinski definition) is 2. The van der Waals surface area contributed by atoms with Crippen molar-refractivity contribution in [2.24, 2.45) is 17.8 Å². The van der Waals surface area contributed by atoms with Crippen molar-refractivity contribution < 1.29 is 67.2 Å². The molecule has 0 spiro atoms. The van der Waals surface area contributed by atoms with E-state index in [9.17, 15) is 24.6 Å². The molecule has 15 nitrogen and oxygen atoms in total. The zero-order valence-electron chi connectivity index (χ0n) is 40.9. The van der Waals surface area contributed by atoms with Crippen molar-refractivity contribution in [2.75, 3.05) is 21.2 Å². The van der Waals surface area contributed by atoms with Gasteiger partial charge in [-0.3, -0.25) is 4.79 Å². The number of esters is 3. The van der Waals surface area contributed by atoms with E-state index >= 15 is 0 Å². The molecule has 66 heavy (non-hydrogen) atoms. The highest BCUT2D eigenvalue weighted by atomic mass is 16.7. The molecule has 366 valence electrons. The molecule has 2 N–H and O–H groups in total. The summed E-state index contributed by atoms with van der Waals surface area (Å²) >= 11 is 0. The summed E-state index contributed by atoms with van der Waals surface area (Å²) in [6, 6.07) is 16.9. The minimum absolute atomic E-state index is 0.0976. The molecule has 0 amide bonds. The second-order valence-electron chi connectivity index (χ2n) is 19.8. The average molecular weight is 924 g/mol. The van der Waals surface area contributed by atoms with E-state index < -0.39 is 108 Å². The van der Waals surface area contributed by atoms with Crippen LogP contribution in [0.15, 0.2) is 72.0 Å². The first-order valence-electron chi connectivity index (χ1n) is 23.4. The number of methoxy groups -OCH3 is 1. The summed E-state index contributed by atoms with van der Waals surface area (Å²) < 4.78 is 58.7.